The van der Waals surface area contributed by atoms with Crippen LogP contribution in [-0.2, 0) is 10.2 Å². The second kappa shape index (κ2) is 3.98. The van der Waals surface area contributed by atoms with Gasteiger partial charge in [-0.3, -0.25) is 4.79 Å². The van der Waals surface area contributed by atoms with E-state index in [1.165, 1.54) is 16.3 Å². The van der Waals surface area contributed by atoms with E-state index >= 15 is 0 Å². The smallest absolute Gasteiger partial charge is 0.323 e. The number of benzene rings is 2. The van der Waals surface area contributed by atoms with Crippen LogP contribution in [0.4, 0.5) is 5.69 Å². The number of rotatable bonds is 2. The fourth-order valence-corrected chi connectivity index (χ4v) is 3.18. The average molecular weight is 255 g/mol. The molecule has 0 atom stereocenters. The van der Waals surface area contributed by atoms with Crippen LogP contribution in [0, 0.1) is 0 Å². The van der Waals surface area contributed by atoms with Crippen LogP contribution >= 0.6 is 0 Å². The zero-order chi connectivity index (χ0) is 13.6. The molecule has 0 saturated carbocycles. The molecule has 0 saturated heterocycles. The van der Waals surface area contributed by atoms with Crippen molar-refractivity contribution in [2.45, 2.75) is 19.3 Å². The van der Waals surface area contributed by atoms with Crippen LogP contribution in [-0.4, -0.2) is 24.2 Å². The van der Waals surface area contributed by atoms with E-state index in [1.54, 1.807) is 0 Å². The molecule has 1 aliphatic heterocycles. The molecular weight excluding hydrogens is 238 g/mol. The molecule has 3 rings (SSSR count). The number of fused-ring (bicyclic) bond motifs is 3. The Bertz CT molecular complexity index is 661. The van der Waals surface area contributed by atoms with Crippen molar-refractivity contribution in [1.29, 1.82) is 0 Å². The molecule has 0 spiro atoms. The molecule has 0 fully saturated rings. The summed E-state index contributed by atoms with van der Waals surface area (Å²) in [5, 5.41) is 11.5. The van der Waals surface area contributed by atoms with Crippen LogP contribution in [0.1, 0.15) is 19.4 Å². The molecule has 0 unspecified atom stereocenters. The normalized spacial score (nSPS) is 16.6. The standard InChI is InChI=1S/C16H17NO2/c1-16(2)10-17(9-14(18)19)13-8-7-11-5-3-4-6-12(11)15(13)16/h3-8H,9-10H2,1-2H3,(H,18,19). The van der Waals surface area contributed by atoms with Gasteiger partial charge in [0.15, 0.2) is 0 Å². The van der Waals surface area contributed by atoms with Crippen molar-refractivity contribution in [3.05, 3.63) is 42.0 Å². The fourth-order valence-electron chi connectivity index (χ4n) is 3.18. The van der Waals surface area contributed by atoms with Gasteiger partial charge in [-0.05, 0) is 22.4 Å². The molecule has 0 amide bonds. The minimum Gasteiger partial charge on any atom is -0.480 e. The molecular formula is C16H17NO2. The van der Waals surface area contributed by atoms with E-state index in [1.807, 2.05) is 17.0 Å². The first-order valence-corrected chi connectivity index (χ1v) is 6.48. The predicted molar refractivity (Wildman–Crippen MR) is 76.8 cm³/mol. The first-order chi connectivity index (χ1) is 8.99. The number of carboxylic acid groups (broad SMARTS) is 1. The highest BCUT2D eigenvalue weighted by Gasteiger charge is 2.36. The van der Waals surface area contributed by atoms with Gasteiger partial charge < -0.3 is 10.0 Å². The molecule has 98 valence electrons. The van der Waals surface area contributed by atoms with Gasteiger partial charge >= 0.3 is 5.97 Å². The summed E-state index contributed by atoms with van der Waals surface area (Å²) in [6.45, 7) is 5.18. The van der Waals surface area contributed by atoms with Crippen molar-refractivity contribution in [1.82, 2.24) is 0 Å². The molecule has 2 aromatic rings. The van der Waals surface area contributed by atoms with E-state index in [2.05, 4.69) is 38.1 Å². The van der Waals surface area contributed by atoms with E-state index < -0.39 is 5.97 Å². The molecule has 3 heteroatoms. The minimum atomic E-state index is -0.781. The molecule has 0 radical (unpaired) electrons. The Morgan fingerprint density at radius 2 is 2.00 bits per heavy atom. The highest BCUT2D eigenvalue weighted by atomic mass is 16.4. The zero-order valence-electron chi connectivity index (χ0n) is 11.2. The average Bonchev–Trinajstić information content (AvgIpc) is 2.60. The van der Waals surface area contributed by atoms with Crippen LogP contribution in [0.15, 0.2) is 36.4 Å². The van der Waals surface area contributed by atoms with Crippen molar-refractivity contribution in [2.24, 2.45) is 0 Å². The predicted octanol–water partition coefficient (Wildman–Crippen LogP) is 3.02. The van der Waals surface area contributed by atoms with Gasteiger partial charge in [0.05, 0.1) is 0 Å². The van der Waals surface area contributed by atoms with Gasteiger partial charge in [-0.1, -0.05) is 44.2 Å². The monoisotopic (exact) mass is 255 g/mol. The maximum absolute atomic E-state index is 11.0. The Balaban J connectivity index is 2.23. The molecule has 1 aliphatic rings. The van der Waals surface area contributed by atoms with Crippen LogP contribution in [0.5, 0.6) is 0 Å². The minimum absolute atomic E-state index is 0.0222. The molecule has 1 N–H and O–H groups in total. The maximum atomic E-state index is 11.0. The SMILES string of the molecule is CC1(C)CN(CC(=O)O)c2ccc3ccccc3c21. The number of aliphatic carboxylic acids is 1. The summed E-state index contributed by atoms with van der Waals surface area (Å²) in [7, 11) is 0. The molecule has 3 nitrogen and oxygen atoms in total. The highest BCUT2D eigenvalue weighted by molar-refractivity contribution is 5.93. The zero-order valence-corrected chi connectivity index (χ0v) is 11.2. The summed E-state index contributed by atoms with van der Waals surface area (Å²) in [4.78, 5) is 13.0. The van der Waals surface area contributed by atoms with Crippen molar-refractivity contribution in [2.75, 3.05) is 18.0 Å². The van der Waals surface area contributed by atoms with E-state index in [4.69, 9.17) is 5.11 Å². The molecule has 19 heavy (non-hydrogen) atoms. The van der Waals surface area contributed by atoms with Gasteiger partial charge in [-0.25, -0.2) is 0 Å². The Morgan fingerprint density at radius 1 is 1.26 bits per heavy atom. The Hall–Kier alpha value is -2.03. The van der Waals surface area contributed by atoms with E-state index in [-0.39, 0.29) is 12.0 Å². The van der Waals surface area contributed by atoms with Gasteiger partial charge in [-0.15, -0.1) is 0 Å². The van der Waals surface area contributed by atoms with Crippen molar-refractivity contribution < 1.29 is 9.90 Å². The Kier molecular flexibility index (Phi) is 2.52. The molecule has 0 aliphatic carbocycles. The van der Waals surface area contributed by atoms with E-state index in [0.717, 1.165) is 12.2 Å². The lowest BCUT2D eigenvalue weighted by molar-refractivity contribution is -0.135. The number of carboxylic acids is 1. The van der Waals surface area contributed by atoms with Crippen LogP contribution in [0.25, 0.3) is 10.8 Å². The molecule has 0 aromatic heterocycles. The Labute approximate surface area is 112 Å². The van der Waals surface area contributed by atoms with Crippen molar-refractivity contribution in [3.8, 4) is 0 Å². The lowest BCUT2D eigenvalue weighted by Gasteiger charge is -2.20. The van der Waals surface area contributed by atoms with Crippen molar-refractivity contribution >= 4 is 22.4 Å². The molecule has 1 heterocycles. The quantitative estimate of drug-likeness (QED) is 0.896. The van der Waals surface area contributed by atoms with E-state index in [0.29, 0.717) is 0 Å². The molecule has 0 bridgehead atoms. The lowest BCUT2D eigenvalue weighted by atomic mass is 9.84. The van der Waals surface area contributed by atoms with Crippen LogP contribution in [0.3, 0.4) is 0 Å². The summed E-state index contributed by atoms with van der Waals surface area (Å²) >= 11 is 0. The second-order valence-corrected chi connectivity index (χ2v) is 5.81. The maximum Gasteiger partial charge on any atom is 0.323 e. The summed E-state index contributed by atoms with van der Waals surface area (Å²) < 4.78 is 0. The third kappa shape index (κ3) is 1.86. The third-order valence-corrected chi connectivity index (χ3v) is 3.84. The molecule has 2 aromatic carbocycles. The lowest BCUT2D eigenvalue weighted by Crippen LogP contribution is -2.32. The number of hydrogen-bond donors (Lipinski definition) is 1. The fraction of sp³-hybridized carbons (Fsp3) is 0.312. The van der Waals surface area contributed by atoms with E-state index in [9.17, 15) is 4.79 Å². The highest BCUT2D eigenvalue weighted by Crippen LogP contribution is 2.44. The number of hydrogen-bond acceptors (Lipinski definition) is 2. The summed E-state index contributed by atoms with van der Waals surface area (Å²) in [5.41, 5.74) is 2.31. The van der Waals surface area contributed by atoms with Crippen molar-refractivity contribution in [3.63, 3.8) is 0 Å². The number of anilines is 1. The Morgan fingerprint density at radius 3 is 2.74 bits per heavy atom. The van der Waals surface area contributed by atoms with Gasteiger partial charge in [0.1, 0.15) is 6.54 Å². The van der Waals surface area contributed by atoms with Crippen LogP contribution < -0.4 is 4.90 Å². The summed E-state index contributed by atoms with van der Waals surface area (Å²) in [5.74, 6) is -0.781. The van der Waals surface area contributed by atoms with Gasteiger partial charge in [0, 0.05) is 17.6 Å². The van der Waals surface area contributed by atoms with Gasteiger partial charge in [0.25, 0.3) is 0 Å². The summed E-state index contributed by atoms with van der Waals surface area (Å²) in [6, 6.07) is 12.4. The third-order valence-electron chi connectivity index (χ3n) is 3.84. The van der Waals surface area contributed by atoms with Gasteiger partial charge in [-0.2, -0.15) is 0 Å². The first kappa shape index (κ1) is 12.0. The van der Waals surface area contributed by atoms with Gasteiger partial charge in [0.2, 0.25) is 0 Å². The topological polar surface area (TPSA) is 40.5 Å². The summed E-state index contributed by atoms with van der Waals surface area (Å²) in [6.07, 6.45) is 0. The largest absolute Gasteiger partial charge is 0.480 e. The van der Waals surface area contributed by atoms with Crippen LogP contribution in [0.2, 0.25) is 0 Å². The number of nitrogens with zero attached hydrogens (tertiary/aromatic N) is 1. The number of carbonyl (C=O) groups is 1. The first-order valence-electron chi connectivity index (χ1n) is 6.48. The second-order valence-electron chi connectivity index (χ2n) is 5.81.